The van der Waals surface area contributed by atoms with Crippen molar-refractivity contribution in [1.29, 1.82) is 0 Å². The molecule has 2 aromatic rings. The van der Waals surface area contributed by atoms with Crippen LogP contribution >= 0.6 is 0 Å². The van der Waals surface area contributed by atoms with Crippen LogP contribution in [0.2, 0.25) is 0 Å². The Bertz CT molecular complexity index is 1070. The van der Waals surface area contributed by atoms with Crippen molar-refractivity contribution in [2.75, 3.05) is 13.7 Å². The van der Waals surface area contributed by atoms with Crippen LogP contribution in [0.1, 0.15) is 22.0 Å². The second-order valence-corrected chi connectivity index (χ2v) is 7.93. The highest BCUT2D eigenvalue weighted by Crippen LogP contribution is 2.44. The monoisotopic (exact) mass is 480 g/mol. The number of carbonyl (C=O) groups is 1. The van der Waals surface area contributed by atoms with E-state index in [1.54, 1.807) is 0 Å². The molecule has 2 heterocycles. The van der Waals surface area contributed by atoms with E-state index in [-0.39, 0.29) is 34.1 Å². The first kappa shape index (κ1) is 24.0. The smallest absolute Gasteiger partial charge is 0.203 e. The topological polar surface area (TPSA) is 196 Å². The average Bonchev–Trinajstić information content (AvgIpc) is 2.80. The number of aliphatic hydroxyl groups is 4. The first-order valence-electron chi connectivity index (χ1n) is 10.3. The van der Waals surface area contributed by atoms with Gasteiger partial charge in [-0.05, 0) is 17.7 Å². The van der Waals surface area contributed by atoms with E-state index >= 15 is 0 Å². The number of fused-ring (bicyclic) bond motifs is 1. The Morgan fingerprint density at radius 1 is 0.971 bits per heavy atom. The fourth-order valence-corrected chi connectivity index (χ4v) is 3.98. The Labute approximate surface area is 192 Å². The summed E-state index contributed by atoms with van der Waals surface area (Å²) in [6.45, 7) is -0.707. The van der Waals surface area contributed by atoms with Crippen molar-refractivity contribution in [2.24, 2.45) is 0 Å². The molecule has 0 saturated carbocycles. The van der Waals surface area contributed by atoms with Crippen LogP contribution in [0, 0.1) is 0 Å². The fraction of sp³-hybridized carbons (Fsp3) is 0.409. The Kier molecular flexibility index (Phi) is 6.53. The molecule has 7 atom stereocenters. The molecule has 2 aliphatic rings. The van der Waals surface area contributed by atoms with Crippen LogP contribution in [0.4, 0.5) is 0 Å². The van der Waals surface area contributed by atoms with Crippen LogP contribution in [0.3, 0.4) is 0 Å². The Hall–Kier alpha value is -3.13. The van der Waals surface area contributed by atoms with Crippen molar-refractivity contribution in [3.05, 3.63) is 41.5 Å². The van der Waals surface area contributed by atoms with Crippen molar-refractivity contribution in [3.63, 3.8) is 0 Å². The van der Waals surface area contributed by atoms with E-state index in [4.69, 9.17) is 18.9 Å². The van der Waals surface area contributed by atoms with E-state index in [1.165, 1.54) is 25.3 Å². The number of Topliss-reactive ketones (excluding diaryl/α,β-unsaturated/α-hetero) is 1. The number of ether oxygens (including phenoxy) is 4. The first-order chi connectivity index (χ1) is 16.2. The second-order valence-electron chi connectivity index (χ2n) is 7.93. The molecule has 12 heteroatoms. The summed E-state index contributed by atoms with van der Waals surface area (Å²) in [5, 5.41) is 69.9. The summed E-state index contributed by atoms with van der Waals surface area (Å²) in [7, 11) is 1.32. The van der Waals surface area contributed by atoms with Gasteiger partial charge in [0, 0.05) is 12.1 Å². The Morgan fingerprint density at radius 3 is 2.38 bits per heavy atom. The zero-order valence-electron chi connectivity index (χ0n) is 17.8. The number of phenols is 3. The molecule has 0 amide bonds. The number of phenolic OH excluding ortho intramolecular Hbond substituents is 3. The van der Waals surface area contributed by atoms with E-state index in [2.05, 4.69) is 0 Å². The summed E-state index contributed by atoms with van der Waals surface area (Å²) < 4.78 is 22.1. The number of rotatable bonds is 5. The highest BCUT2D eigenvalue weighted by Gasteiger charge is 2.49. The van der Waals surface area contributed by atoms with E-state index in [1.807, 2.05) is 0 Å². The van der Waals surface area contributed by atoms with Crippen molar-refractivity contribution in [2.45, 2.75) is 42.9 Å². The fourth-order valence-electron chi connectivity index (χ4n) is 3.98. The molecule has 0 radical (unpaired) electrons. The number of aliphatic hydroxyl groups excluding tert-OH is 4. The summed E-state index contributed by atoms with van der Waals surface area (Å²) in [5.41, 5.74) is -0.0135. The lowest BCUT2D eigenvalue weighted by molar-refractivity contribution is -0.311. The van der Waals surface area contributed by atoms with Crippen LogP contribution < -0.4 is 9.47 Å². The van der Waals surface area contributed by atoms with E-state index in [9.17, 15) is 40.5 Å². The third-order valence-electron chi connectivity index (χ3n) is 5.76. The molecule has 0 spiro atoms. The van der Waals surface area contributed by atoms with Gasteiger partial charge in [0.1, 0.15) is 47.2 Å². The van der Waals surface area contributed by atoms with Gasteiger partial charge in [0.15, 0.2) is 30.0 Å². The average molecular weight is 480 g/mol. The van der Waals surface area contributed by atoms with Crippen LogP contribution in [0.5, 0.6) is 28.7 Å². The van der Waals surface area contributed by atoms with Crippen LogP contribution in [0.25, 0.3) is 0 Å². The minimum atomic E-state index is -1.80. The molecule has 0 aromatic heterocycles. The zero-order chi connectivity index (χ0) is 24.7. The summed E-state index contributed by atoms with van der Waals surface area (Å²) >= 11 is 0. The lowest BCUT2D eigenvalue weighted by Crippen LogP contribution is -2.60. The van der Waals surface area contributed by atoms with Crippen molar-refractivity contribution < 1.29 is 59.5 Å². The molecule has 0 aliphatic carbocycles. The maximum absolute atomic E-state index is 13.4. The predicted octanol–water partition coefficient (Wildman–Crippen LogP) is -0.687. The van der Waals surface area contributed by atoms with Gasteiger partial charge < -0.3 is 54.7 Å². The number of benzene rings is 2. The normalized spacial score (nSPS) is 31.0. The van der Waals surface area contributed by atoms with Crippen LogP contribution in [-0.2, 0) is 9.47 Å². The molecule has 184 valence electrons. The van der Waals surface area contributed by atoms with Crippen molar-refractivity contribution in [3.8, 4) is 28.7 Å². The Morgan fingerprint density at radius 2 is 1.71 bits per heavy atom. The minimum absolute atomic E-state index is 0.0599. The lowest BCUT2D eigenvalue weighted by atomic mass is 9.92. The molecular weight excluding hydrogens is 456 g/mol. The number of carbonyl (C=O) groups excluding carboxylic acids is 1. The van der Waals surface area contributed by atoms with E-state index in [0.717, 1.165) is 12.1 Å². The third kappa shape index (κ3) is 4.11. The maximum Gasteiger partial charge on any atom is 0.203 e. The second kappa shape index (κ2) is 9.25. The van der Waals surface area contributed by atoms with Crippen LogP contribution in [0.15, 0.2) is 30.3 Å². The summed E-state index contributed by atoms with van der Waals surface area (Å²) in [4.78, 5) is 13.4. The highest BCUT2D eigenvalue weighted by molar-refractivity contribution is 6.05. The van der Waals surface area contributed by atoms with Gasteiger partial charge in [0.2, 0.25) is 5.78 Å². The lowest BCUT2D eigenvalue weighted by Gasteiger charge is -2.42. The number of hydrogen-bond acceptors (Lipinski definition) is 12. The largest absolute Gasteiger partial charge is 0.508 e. The predicted molar refractivity (Wildman–Crippen MR) is 111 cm³/mol. The number of methoxy groups -OCH3 is 1. The van der Waals surface area contributed by atoms with Gasteiger partial charge in [-0.1, -0.05) is 6.07 Å². The van der Waals surface area contributed by atoms with Crippen LogP contribution in [-0.4, -0.2) is 92.1 Å². The quantitative estimate of drug-likeness (QED) is 0.285. The Balaban J connectivity index is 1.76. The summed E-state index contributed by atoms with van der Waals surface area (Å²) in [6.07, 6.45) is -11.0. The molecule has 1 saturated heterocycles. The number of aromatic hydroxyl groups is 3. The minimum Gasteiger partial charge on any atom is -0.508 e. The molecule has 4 rings (SSSR count). The first-order valence-corrected chi connectivity index (χ1v) is 10.3. The molecule has 2 aromatic carbocycles. The van der Waals surface area contributed by atoms with Gasteiger partial charge >= 0.3 is 0 Å². The van der Waals surface area contributed by atoms with Gasteiger partial charge in [-0.25, -0.2) is 0 Å². The zero-order valence-corrected chi connectivity index (χ0v) is 17.8. The van der Waals surface area contributed by atoms with Crippen molar-refractivity contribution in [1.82, 2.24) is 0 Å². The molecule has 0 bridgehead atoms. The standard InChI is InChI=1S/C22H24O12/c1-31-12-4-8(2-3-10(12)25)20-21(17(28)15-11(26)5-9(24)6-13(15)32-20)34-22-19(30)18(29)16(27)14(7-23)33-22/h2-6,14,16,18-27,29-30H,7H2,1H3. The van der Waals surface area contributed by atoms with Gasteiger partial charge in [-0.15, -0.1) is 0 Å². The highest BCUT2D eigenvalue weighted by atomic mass is 16.7. The molecule has 7 N–H and O–H groups in total. The van der Waals surface area contributed by atoms with Gasteiger partial charge in [0.05, 0.1) is 13.7 Å². The molecular formula is C22H24O12. The third-order valence-corrected chi connectivity index (χ3v) is 5.76. The van der Waals surface area contributed by atoms with Crippen molar-refractivity contribution >= 4 is 5.78 Å². The number of hydrogen-bond donors (Lipinski definition) is 7. The molecule has 34 heavy (non-hydrogen) atoms. The molecule has 1 fully saturated rings. The summed E-state index contributed by atoms with van der Waals surface area (Å²) in [5.74, 6) is -2.01. The summed E-state index contributed by atoms with van der Waals surface area (Å²) in [6, 6.07) is 6.16. The molecule has 2 aliphatic heterocycles. The van der Waals surface area contributed by atoms with Gasteiger partial charge in [-0.3, -0.25) is 4.79 Å². The van der Waals surface area contributed by atoms with Gasteiger partial charge in [-0.2, -0.15) is 0 Å². The number of ketones is 1. The SMILES string of the molecule is COc1cc(C2Oc3cc(O)cc(O)c3C(=O)C2OC2OC(CO)C(O)C(O)C2O)ccc1O. The maximum atomic E-state index is 13.4. The molecule has 7 unspecified atom stereocenters. The molecule has 12 nitrogen and oxygen atoms in total. The van der Waals surface area contributed by atoms with E-state index < -0.39 is 61.1 Å². The van der Waals surface area contributed by atoms with E-state index in [0.29, 0.717) is 0 Å². The van der Waals surface area contributed by atoms with Gasteiger partial charge in [0.25, 0.3) is 0 Å².